The molecule has 0 saturated carbocycles. The highest BCUT2D eigenvalue weighted by atomic mass is 127. The lowest BCUT2D eigenvalue weighted by molar-refractivity contribution is -0.128. The Kier molecular flexibility index (Phi) is 8.30. The van der Waals surface area contributed by atoms with Crippen LogP contribution in [0, 0.1) is 5.92 Å². The van der Waals surface area contributed by atoms with Crippen LogP contribution in [0.5, 0.6) is 0 Å². The van der Waals surface area contributed by atoms with E-state index < -0.39 is 0 Å². The van der Waals surface area contributed by atoms with Gasteiger partial charge in [0.25, 0.3) is 0 Å². The van der Waals surface area contributed by atoms with Crippen molar-refractivity contribution in [1.29, 1.82) is 0 Å². The fourth-order valence-corrected chi connectivity index (χ4v) is 1.83. The summed E-state index contributed by atoms with van der Waals surface area (Å²) < 4.78 is 0. The molecule has 1 rings (SSSR count). The Morgan fingerprint density at radius 1 is 1.39 bits per heavy atom. The van der Waals surface area contributed by atoms with Gasteiger partial charge in [-0.3, -0.25) is 9.79 Å². The van der Waals surface area contributed by atoms with E-state index in [-0.39, 0.29) is 29.9 Å². The summed E-state index contributed by atoms with van der Waals surface area (Å²) in [6.07, 6.45) is 2.78. The molecule has 5 nitrogen and oxygen atoms in total. The molecule has 2 N–H and O–H groups in total. The zero-order valence-corrected chi connectivity index (χ0v) is 13.9. The van der Waals surface area contributed by atoms with Crippen LogP contribution in [0.3, 0.4) is 0 Å². The Balaban J connectivity index is 0.00000289. The molecule has 1 aliphatic rings. The fourth-order valence-electron chi connectivity index (χ4n) is 1.83. The number of aliphatic imine (C=N–C) groups is 1. The summed E-state index contributed by atoms with van der Waals surface area (Å²) >= 11 is 0. The maximum Gasteiger partial charge on any atom is 0.223 e. The summed E-state index contributed by atoms with van der Waals surface area (Å²) in [5.74, 6) is 1.46. The van der Waals surface area contributed by atoms with E-state index in [2.05, 4.69) is 16.8 Å². The first-order chi connectivity index (χ1) is 8.00. The van der Waals surface area contributed by atoms with Crippen LogP contribution in [0.2, 0.25) is 0 Å². The van der Waals surface area contributed by atoms with Crippen molar-refractivity contribution in [3.63, 3.8) is 0 Å². The van der Waals surface area contributed by atoms with E-state index >= 15 is 0 Å². The highest BCUT2D eigenvalue weighted by molar-refractivity contribution is 14.0. The van der Waals surface area contributed by atoms with Gasteiger partial charge in [-0.15, -0.1) is 24.0 Å². The molecule has 1 aliphatic heterocycles. The third-order valence-corrected chi connectivity index (χ3v) is 3.21. The first-order valence-corrected chi connectivity index (χ1v) is 6.25. The quantitative estimate of drug-likeness (QED) is 0.462. The predicted molar refractivity (Wildman–Crippen MR) is 85.2 cm³/mol. The third-order valence-electron chi connectivity index (χ3n) is 3.21. The number of carbonyl (C=O) groups excluding carboxylic acids is 1. The smallest absolute Gasteiger partial charge is 0.223 e. The van der Waals surface area contributed by atoms with E-state index in [9.17, 15) is 4.79 Å². The molecule has 0 spiro atoms. The number of nitrogens with zero attached hydrogens (tertiary/aromatic N) is 3. The summed E-state index contributed by atoms with van der Waals surface area (Å²) in [5.41, 5.74) is 5.91. The second kappa shape index (κ2) is 8.55. The van der Waals surface area contributed by atoms with Gasteiger partial charge < -0.3 is 15.5 Å². The van der Waals surface area contributed by atoms with Gasteiger partial charge in [-0.05, 0) is 18.8 Å². The van der Waals surface area contributed by atoms with Gasteiger partial charge in [0.1, 0.15) is 0 Å². The molecule has 1 amide bonds. The van der Waals surface area contributed by atoms with Crippen LogP contribution in [-0.4, -0.2) is 55.4 Å². The molecule has 0 aromatic rings. The Bertz CT molecular complexity index is 286. The number of likely N-dealkylation sites (tertiary alicyclic amines) is 1. The average Bonchev–Trinajstić information content (AvgIpc) is 2.29. The second-order valence-corrected chi connectivity index (χ2v) is 4.95. The molecule has 18 heavy (non-hydrogen) atoms. The molecule has 106 valence electrons. The highest BCUT2D eigenvalue weighted by Crippen LogP contribution is 2.15. The number of amides is 1. The van der Waals surface area contributed by atoms with Crippen LogP contribution in [0.15, 0.2) is 4.99 Å². The summed E-state index contributed by atoms with van der Waals surface area (Å²) in [6, 6.07) is 0. The predicted octanol–water partition coefficient (Wildman–Crippen LogP) is 1.13. The molecule has 0 unspecified atom stereocenters. The first kappa shape index (κ1) is 17.5. The van der Waals surface area contributed by atoms with Crippen LogP contribution in [0.25, 0.3) is 0 Å². The van der Waals surface area contributed by atoms with Crippen molar-refractivity contribution in [2.24, 2.45) is 16.6 Å². The maximum atomic E-state index is 11.3. The minimum atomic E-state index is 0. The van der Waals surface area contributed by atoms with Crippen LogP contribution in [-0.2, 0) is 4.79 Å². The Morgan fingerprint density at radius 2 is 1.94 bits per heavy atom. The molecule has 0 aromatic carbocycles. The van der Waals surface area contributed by atoms with Crippen molar-refractivity contribution in [3.05, 3.63) is 0 Å². The summed E-state index contributed by atoms with van der Waals surface area (Å²) in [4.78, 5) is 19.3. The topological polar surface area (TPSA) is 61.9 Å². The van der Waals surface area contributed by atoms with Gasteiger partial charge >= 0.3 is 0 Å². The molecule has 0 aromatic heterocycles. The van der Waals surface area contributed by atoms with Gasteiger partial charge in [-0.25, -0.2) is 0 Å². The van der Waals surface area contributed by atoms with Crippen molar-refractivity contribution in [1.82, 2.24) is 9.80 Å². The van der Waals surface area contributed by atoms with Crippen molar-refractivity contribution in [3.8, 4) is 0 Å². The number of hydrogen-bond acceptors (Lipinski definition) is 2. The Hall–Kier alpha value is -0.530. The zero-order chi connectivity index (χ0) is 12.8. The number of carbonyl (C=O) groups is 1. The number of guanidine groups is 1. The Labute approximate surface area is 127 Å². The van der Waals surface area contributed by atoms with Crippen molar-refractivity contribution in [2.45, 2.75) is 26.2 Å². The highest BCUT2D eigenvalue weighted by Gasteiger charge is 2.16. The average molecular weight is 368 g/mol. The third kappa shape index (κ3) is 5.88. The molecule has 0 aliphatic carbocycles. The summed E-state index contributed by atoms with van der Waals surface area (Å²) in [7, 11) is 3.50. The molecule has 1 saturated heterocycles. The van der Waals surface area contributed by atoms with Gasteiger partial charge in [0.2, 0.25) is 5.91 Å². The van der Waals surface area contributed by atoms with E-state index in [4.69, 9.17) is 5.73 Å². The monoisotopic (exact) mass is 368 g/mol. The number of hydrogen-bond donors (Lipinski definition) is 1. The SMILES string of the molecule is CC1CCN(C(N)=NCCC(=O)N(C)C)CC1.I. The molecular formula is C12H25IN4O. The number of halogens is 1. The van der Waals surface area contributed by atoms with E-state index in [1.165, 1.54) is 12.8 Å². The Morgan fingerprint density at radius 3 is 2.44 bits per heavy atom. The summed E-state index contributed by atoms with van der Waals surface area (Å²) in [6.45, 7) is 4.71. The minimum Gasteiger partial charge on any atom is -0.370 e. The van der Waals surface area contributed by atoms with E-state index in [0.29, 0.717) is 18.9 Å². The van der Waals surface area contributed by atoms with E-state index in [0.717, 1.165) is 19.0 Å². The zero-order valence-electron chi connectivity index (χ0n) is 11.6. The molecule has 0 atom stereocenters. The number of rotatable bonds is 3. The largest absolute Gasteiger partial charge is 0.370 e. The standard InChI is InChI=1S/C12H24N4O.HI/c1-10-5-8-16(9-6-10)12(13)14-7-4-11(17)15(2)3;/h10H,4-9H2,1-3H3,(H2,13,14);1H. The van der Waals surface area contributed by atoms with Crippen LogP contribution >= 0.6 is 24.0 Å². The lowest BCUT2D eigenvalue weighted by Gasteiger charge is -2.31. The van der Waals surface area contributed by atoms with Gasteiger partial charge in [0.05, 0.1) is 6.54 Å². The number of piperidine rings is 1. The molecule has 0 radical (unpaired) electrons. The fraction of sp³-hybridized carbons (Fsp3) is 0.833. The van der Waals surface area contributed by atoms with Gasteiger partial charge in [-0.1, -0.05) is 6.92 Å². The van der Waals surface area contributed by atoms with Crippen molar-refractivity contribution >= 4 is 35.8 Å². The van der Waals surface area contributed by atoms with E-state index in [1.807, 2.05) is 0 Å². The van der Waals surface area contributed by atoms with Crippen LogP contribution in [0.1, 0.15) is 26.2 Å². The molecule has 0 bridgehead atoms. The van der Waals surface area contributed by atoms with Crippen LogP contribution in [0.4, 0.5) is 0 Å². The lowest BCUT2D eigenvalue weighted by Crippen LogP contribution is -2.42. The maximum absolute atomic E-state index is 11.3. The second-order valence-electron chi connectivity index (χ2n) is 4.95. The molecular weight excluding hydrogens is 343 g/mol. The first-order valence-electron chi connectivity index (χ1n) is 6.25. The van der Waals surface area contributed by atoms with Crippen LogP contribution < -0.4 is 5.73 Å². The molecule has 1 fully saturated rings. The van der Waals surface area contributed by atoms with Gasteiger partial charge in [0.15, 0.2) is 5.96 Å². The number of nitrogens with two attached hydrogens (primary N) is 1. The van der Waals surface area contributed by atoms with Crippen molar-refractivity contribution in [2.75, 3.05) is 33.7 Å². The molecule has 6 heteroatoms. The summed E-state index contributed by atoms with van der Waals surface area (Å²) in [5, 5.41) is 0. The van der Waals surface area contributed by atoms with Gasteiger partial charge in [-0.2, -0.15) is 0 Å². The molecule has 1 heterocycles. The van der Waals surface area contributed by atoms with Crippen molar-refractivity contribution < 1.29 is 4.79 Å². The minimum absolute atomic E-state index is 0. The van der Waals surface area contributed by atoms with Gasteiger partial charge in [0, 0.05) is 33.6 Å². The lowest BCUT2D eigenvalue weighted by atomic mass is 10.00. The van der Waals surface area contributed by atoms with E-state index in [1.54, 1.807) is 19.0 Å². The normalized spacial score (nSPS) is 17.3.